The number of carbonyl (C=O) groups is 1. The van der Waals surface area contributed by atoms with Gasteiger partial charge in [-0.2, -0.15) is 10.5 Å². The second kappa shape index (κ2) is 14.6. The van der Waals surface area contributed by atoms with Crippen molar-refractivity contribution in [3.63, 3.8) is 0 Å². The minimum absolute atomic E-state index is 0.0619. The third kappa shape index (κ3) is 8.08. The lowest BCUT2D eigenvalue weighted by Gasteiger charge is -2.13. The monoisotopic (exact) mass is 577 g/mol. The highest BCUT2D eigenvalue weighted by Gasteiger charge is 2.16. The quantitative estimate of drug-likeness (QED) is 0.117. The lowest BCUT2D eigenvalue weighted by Crippen LogP contribution is -2.20. The number of phenols is 1. The highest BCUT2D eigenvalue weighted by molar-refractivity contribution is 9.10. The molecule has 0 radical (unpaired) electrons. The molecule has 0 saturated heterocycles. The predicted molar refractivity (Wildman–Crippen MR) is 147 cm³/mol. The van der Waals surface area contributed by atoms with Crippen molar-refractivity contribution in [1.82, 2.24) is 0 Å². The van der Waals surface area contributed by atoms with Crippen molar-refractivity contribution >= 4 is 39.0 Å². The summed E-state index contributed by atoms with van der Waals surface area (Å²) < 4.78 is 5.83. The molecule has 0 spiro atoms. The number of nitriles is 2. The predicted octanol–water partition coefficient (Wildman–Crippen LogP) is 6.65. The van der Waals surface area contributed by atoms with Gasteiger partial charge in [-0.25, -0.2) is 4.79 Å². The summed E-state index contributed by atoms with van der Waals surface area (Å²) in [6.45, 7) is 5.55. The number of nitrogens with zero attached hydrogens (tertiary/aromatic N) is 3. The number of hydrogen-bond donors (Lipinski definition) is 3. The van der Waals surface area contributed by atoms with Gasteiger partial charge in [-0.1, -0.05) is 38.1 Å². The van der Waals surface area contributed by atoms with E-state index in [4.69, 9.17) is 15.3 Å². The molecule has 3 aromatic carbocycles. The SMILES string of the molecule is C=CCOc1cc(C#N)ccc1[N+](=O)[O-].CCCc1c(C#N)ccc(NC(=O)Nc2ccccc2Br)c1O. The van der Waals surface area contributed by atoms with Crippen LogP contribution in [0.3, 0.4) is 0 Å². The minimum Gasteiger partial charge on any atom is -0.505 e. The summed E-state index contributed by atoms with van der Waals surface area (Å²) >= 11 is 3.35. The highest BCUT2D eigenvalue weighted by Crippen LogP contribution is 2.32. The van der Waals surface area contributed by atoms with Crippen LogP contribution >= 0.6 is 15.9 Å². The maximum atomic E-state index is 12.1. The first kappa shape index (κ1) is 29.4. The van der Waals surface area contributed by atoms with E-state index in [-0.39, 0.29) is 29.5 Å². The van der Waals surface area contributed by atoms with E-state index in [1.54, 1.807) is 18.2 Å². The largest absolute Gasteiger partial charge is 0.505 e. The van der Waals surface area contributed by atoms with Crippen LogP contribution in [-0.2, 0) is 6.42 Å². The van der Waals surface area contributed by atoms with Crippen molar-refractivity contribution < 1.29 is 19.6 Å². The van der Waals surface area contributed by atoms with E-state index in [9.17, 15) is 20.0 Å². The fourth-order valence-corrected chi connectivity index (χ4v) is 3.57. The first-order chi connectivity index (χ1) is 18.2. The number of benzene rings is 3. The number of rotatable bonds is 8. The third-order valence-corrected chi connectivity index (χ3v) is 5.61. The first-order valence-electron chi connectivity index (χ1n) is 11.2. The average molecular weight is 578 g/mol. The average Bonchev–Trinajstić information content (AvgIpc) is 2.91. The highest BCUT2D eigenvalue weighted by atomic mass is 79.9. The number of phenolic OH excluding ortho intramolecular Hbond substituents is 1. The molecule has 0 saturated carbocycles. The zero-order chi connectivity index (χ0) is 28.1. The smallest absolute Gasteiger partial charge is 0.323 e. The van der Waals surface area contributed by atoms with Crippen LogP contribution in [0.1, 0.15) is 30.0 Å². The van der Waals surface area contributed by atoms with E-state index >= 15 is 0 Å². The van der Waals surface area contributed by atoms with Crippen LogP contribution in [-0.4, -0.2) is 22.7 Å². The summed E-state index contributed by atoms with van der Waals surface area (Å²) in [5.74, 6) is 0.0205. The number of anilines is 2. The van der Waals surface area contributed by atoms with E-state index in [0.29, 0.717) is 28.8 Å². The zero-order valence-corrected chi connectivity index (χ0v) is 22.0. The summed E-state index contributed by atoms with van der Waals surface area (Å²) in [6.07, 6.45) is 2.83. The molecule has 3 aromatic rings. The van der Waals surface area contributed by atoms with Crippen molar-refractivity contribution in [3.05, 3.63) is 98.5 Å². The molecule has 0 aliphatic heterocycles. The Labute approximate surface area is 228 Å². The Balaban J connectivity index is 0.000000293. The number of nitro groups is 1. The Kier molecular flexibility index (Phi) is 11.3. The van der Waals surface area contributed by atoms with Gasteiger partial charge in [-0.15, -0.1) is 0 Å². The van der Waals surface area contributed by atoms with Crippen LogP contribution in [0.15, 0.2) is 71.7 Å². The summed E-state index contributed by atoms with van der Waals surface area (Å²) in [5, 5.41) is 43.9. The fraction of sp³-hybridized carbons (Fsp3) is 0.148. The molecular weight excluding hydrogens is 554 g/mol. The van der Waals surface area contributed by atoms with E-state index in [0.717, 1.165) is 10.9 Å². The molecule has 0 fully saturated rings. The maximum absolute atomic E-state index is 12.1. The Bertz CT molecular complexity index is 1410. The Hall–Kier alpha value is -4.87. The molecular formula is C27H24BrN5O5. The topological polar surface area (TPSA) is 161 Å². The second-order valence-corrected chi connectivity index (χ2v) is 8.41. The second-order valence-electron chi connectivity index (χ2n) is 7.56. The van der Waals surface area contributed by atoms with Gasteiger partial charge < -0.3 is 20.5 Å². The van der Waals surface area contributed by atoms with Crippen molar-refractivity contribution in [2.24, 2.45) is 0 Å². The Morgan fingerprint density at radius 2 is 1.87 bits per heavy atom. The number of carbonyl (C=O) groups excluding carboxylic acids is 1. The van der Waals surface area contributed by atoms with Gasteiger partial charge in [-0.3, -0.25) is 10.1 Å². The van der Waals surface area contributed by atoms with Crippen LogP contribution in [0.2, 0.25) is 0 Å². The van der Waals surface area contributed by atoms with E-state index < -0.39 is 11.0 Å². The molecule has 0 atom stereocenters. The van der Waals surface area contributed by atoms with Crippen molar-refractivity contribution in [1.29, 1.82) is 10.5 Å². The number of aromatic hydroxyl groups is 1. The summed E-state index contributed by atoms with van der Waals surface area (Å²) in [7, 11) is 0. The summed E-state index contributed by atoms with van der Waals surface area (Å²) in [4.78, 5) is 22.1. The van der Waals surface area contributed by atoms with Gasteiger partial charge >= 0.3 is 11.7 Å². The number of nitro benzene ring substituents is 1. The van der Waals surface area contributed by atoms with Gasteiger partial charge in [0, 0.05) is 22.2 Å². The molecule has 194 valence electrons. The van der Waals surface area contributed by atoms with Crippen LogP contribution < -0.4 is 15.4 Å². The maximum Gasteiger partial charge on any atom is 0.323 e. The fourth-order valence-electron chi connectivity index (χ4n) is 3.18. The number of amides is 2. The number of halogens is 1. The lowest BCUT2D eigenvalue weighted by molar-refractivity contribution is -0.385. The van der Waals surface area contributed by atoms with Crippen molar-refractivity contribution in [2.75, 3.05) is 17.2 Å². The van der Waals surface area contributed by atoms with Crippen molar-refractivity contribution in [3.8, 4) is 23.6 Å². The molecule has 38 heavy (non-hydrogen) atoms. The van der Waals surface area contributed by atoms with E-state index in [1.165, 1.54) is 30.3 Å². The van der Waals surface area contributed by atoms with E-state index in [2.05, 4.69) is 39.2 Å². The molecule has 0 aliphatic carbocycles. The minimum atomic E-state index is -0.556. The first-order valence-corrected chi connectivity index (χ1v) is 12.0. The van der Waals surface area contributed by atoms with Crippen LogP contribution in [0.4, 0.5) is 21.9 Å². The Morgan fingerprint density at radius 1 is 1.16 bits per heavy atom. The standard InChI is InChI=1S/C17H16BrN3O2.C10H8N2O3/c1-2-5-12-11(10-19)8-9-15(16(12)22)21-17(23)20-14-7-4-3-6-13(14)18;1-2-5-15-10-6-8(7-11)3-4-9(10)12(13)14/h3-4,6-9,22H,2,5H2,1H3,(H2,20,21,23);2-4,6H,1,5H2. The molecule has 0 aliphatic rings. The van der Waals surface area contributed by atoms with E-state index in [1.807, 2.05) is 25.1 Å². The molecule has 2 amide bonds. The number of urea groups is 1. The van der Waals surface area contributed by atoms with Gasteiger partial charge in [0.2, 0.25) is 0 Å². The molecule has 3 N–H and O–H groups in total. The molecule has 0 unspecified atom stereocenters. The van der Waals surface area contributed by atoms with Gasteiger partial charge in [0.1, 0.15) is 12.4 Å². The van der Waals surface area contributed by atoms with Gasteiger partial charge in [-0.05, 0) is 52.7 Å². The molecule has 0 heterocycles. The third-order valence-electron chi connectivity index (χ3n) is 4.92. The lowest BCUT2D eigenvalue weighted by atomic mass is 10.0. The summed E-state index contributed by atoms with van der Waals surface area (Å²) in [6, 6.07) is 17.8. The number of hydrogen-bond acceptors (Lipinski definition) is 7. The zero-order valence-electron chi connectivity index (χ0n) is 20.4. The summed E-state index contributed by atoms with van der Waals surface area (Å²) in [5.41, 5.74) is 2.02. The van der Waals surface area contributed by atoms with Crippen LogP contribution in [0.25, 0.3) is 0 Å². The molecule has 3 rings (SSSR count). The molecule has 10 nitrogen and oxygen atoms in total. The molecule has 11 heteroatoms. The Morgan fingerprint density at radius 3 is 2.47 bits per heavy atom. The normalized spacial score (nSPS) is 9.58. The molecule has 0 aromatic heterocycles. The van der Waals surface area contributed by atoms with Crippen LogP contribution in [0, 0.1) is 32.8 Å². The van der Waals surface area contributed by atoms with Gasteiger partial charge in [0.25, 0.3) is 0 Å². The van der Waals surface area contributed by atoms with Gasteiger partial charge in [0.05, 0.1) is 39.6 Å². The number of nitrogens with one attached hydrogen (secondary N) is 2. The number of para-hydroxylation sites is 1. The van der Waals surface area contributed by atoms with Gasteiger partial charge in [0.15, 0.2) is 5.75 Å². The van der Waals surface area contributed by atoms with Crippen molar-refractivity contribution in [2.45, 2.75) is 19.8 Å². The molecule has 0 bridgehead atoms. The van der Waals surface area contributed by atoms with Crippen LogP contribution in [0.5, 0.6) is 11.5 Å². The number of ether oxygens (including phenoxy) is 1.